The highest BCUT2D eigenvalue weighted by Gasteiger charge is 2.65. The summed E-state index contributed by atoms with van der Waals surface area (Å²) in [5.41, 5.74) is 1.67. The van der Waals surface area contributed by atoms with Gasteiger partial charge < -0.3 is 0 Å². The molecule has 6 aliphatic carbocycles. The first-order valence-corrected chi connectivity index (χ1v) is 18.6. The van der Waals surface area contributed by atoms with Crippen LogP contribution < -0.4 is 0 Å². The highest BCUT2D eigenvalue weighted by molar-refractivity contribution is 5.14. The molecule has 0 amide bonds. The minimum Gasteiger partial charge on any atom is -0.0599 e. The number of fused-ring (bicyclic) bond motifs is 3. The van der Waals surface area contributed by atoms with E-state index in [1.807, 2.05) is 0 Å². The second kappa shape index (κ2) is 11.3. The first kappa shape index (κ1) is 29.1. The van der Waals surface area contributed by atoms with E-state index in [0.29, 0.717) is 16.2 Å². The zero-order valence-electron chi connectivity index (χ0n) is 27.4. The standard InChI is InChI=1S/C39H68/c1-37(2,3)30-21-23-32-33-24-22-31(38(4,5)6)26-35(33)36(34(32)25-30)39(29-19-13-14-20-29,27-15-9-7-10-16-27)28-17-11-8-12-18-28/h27-36H,7-26H2,1-6H3. The summed E-state index contributed by atoms with van der Waals surface area (Å²) in [5, 5.41) is 0. The van der Waals surface area contributed by atoms with Gasteiger partial charge in [-0.05, 0) is 152 Å². The lowest BCUT2D eigenvalue weighted by atomic mass is 9.44. The van der Waals surface area contributed by atoms with Crippen LogP contribution in [0.1, 0.15) is 170 Å². The predicted octanol–water partition coefficient (Wildman–Crippen LogP) is 12.1. The maximum atomic E-state index is 2.59. The van der Waals surface area contributed by atoms with E-state index in [1.165, 1.54) is 25.7 Å². The molecular weight excluding hydrogens is 468 g/mol. The Kier molecular flexibility index (Phi) is 8.39. The molecule has 0 saturated heterocycles. The molecule has 6 unspecified atom stereocenters. The summed E-state index contributed by atoms with van der Waals surface area (Å²) in [6.07, 6.45) is 31.4. The Labute approximate surface area is 245 Å². The third-order valence-electron chi connectivity index (χ3n) is 15.1. The molecule has 0 radical (unpaired) electrons. The van der Waals surface area contributed by atoms with E-state index in [1.54, 1.807) is 103 Å². The Morgan fingerprint density at radius 2 is 0.667 bits per heavy atom. The number of rotatable bonds is 4. The molecule has 0 aromatic heterocycles. The van der Waals surface area contributed by atoms with Crippen molar-refractivity contribution in [2.75, 3.05) is 0 Å². The van der Waals surface area contributed by atoms with Crippen LogP contribution in [0.15, 0.2) is 0 Å². The van der Waals surface area contributed by atoms with Gasteiger partial charge in [0.05, 0.1) is 0 Å². The van der Waals surface area contributed by atoms with Crippen molar-refractivity contribution in [1.82, 2.24) is 0 Å². The smallest absolute Gasteiger partial charge is 0.0179 e. The lowest BCUT2D eigenvalue weighted by molar-refractivity contribution is -0.126. The van der Waals surface area contributed by atoms with Crippen molar-refractivity contribution >= 4 is 0 Å². The molecule has 6 atom stereocenters. The number of hydrogen-bond acceptors (Lipinski definition) is 0. The van der Waals surface area contributed by atoms with Gasteiger partial charge in [-0.25, -0.2) is 0 Å². The van der Waals surface area contributed by atoms with Crippen LogP contribution in [-0.4, -0.2) is 0 Å². The van der Waals surface area contributed by atoms with E-state index in [0.717, 1.165) is 59.2 Å². The molecule has 6 fully saturated rings. The van der Waals surface area contributed by atoms with Crippen LogP contribution in [0.3, 0.4) is 0 Å². The monoisotopic (exact) mass is 537 g/mol. The SMILES string of the molecule is CC(C)(C)C1CCC2C3CCC(C(C)(C)C)CC3C(C(C3CCCCC3)(C3CCCCC3)C3CCCC3)C2C1. The summed E-state index contributed by atoms with van der Waals surface area (Å²) in [6, 6.07) is 0. The zero-order valence-corrected chi connectivity index (χ0v) is 27.4. The lowest BCUT2D eigenvalue weighted by Gasteiger charge is -2.61. The van der Waals surface area contributed by atoms with Crippen LogP contribution in [-0.2, 0) is 0 Å². The van der Waals surface area contributed by atoms with Gasteiger partial charge in [0, 0.05) is 0 Å². The van der Waals surface area contributed by atoms with Crippen molar-refractivity contribution in [2.24, 2.45) is 75.4 Å². The van der Waals surface area contributed by atoms with Crippen LogP contribution in [0.25, 0.3) is 0 Å². The normalized spacial score (nSPS) is 40.0. The van der Waals surface area contributed by atoms with Crippen LogP contribution in [0, 0.1) is 75.4 Å². The Balaban J connectivity index is 1.49. The average molecular weight is 537 g/mol. The largest absolute Gasteiger partial charge is 0.0599 e. The molecule has 0 N–H and O–H groups in total. The van der Waals surface area contributed by atoms with Crippen LogP contribution in [0.4, 0.5) is 0 Å². The van der Waals surface area contributed by atoms with Crippen molar-refractivity contribution in [3.63, 3.8) is 0 Å². The molecule has 0 bridgehead atoms. The summed E-state index contributed by atoms with van der Waals surface area (Å²) in [7, 11) is 0. The molecule has 0 aliphatic heterocycles. The molecule has 6 saturated carbocycles. The molecule has 0 aromatic rings. The maximum Gasteiger partial charge on any atom is -0.0179 e. The average Bonchev–Trinajstić information content (AvgIpc) is 3.57. The maximum absolute atomic E-state index is 2.59. The molecular formula is C39H68. The van der Waals surface area contributed by atoms with Crippen LogP contribution in [0.5, 0.6) is 0 Å². The van der Waals surface area contributed by atoms with E-state index < -0.39 is 0 Å². The fourth-order valence-corrected chi connectivity index (χ4v) is 13.4. The van der Waals surface area contributed by atoms with Gasteiger partial charge in [0.2, 0.25) is 0 Å². The van der Waals surface area contributed by atoms with Gasteiger partial charge in [-0.2, -0.15) is 0 Å². The molecule has 0 heteroatoms. The van der Waals surface area contributed by atoms with Crippen LogP contribution in [0.2, 0.25) is 0 Å². The van der Waals surface area contributed by atoms with Crippen molar-refractivity contribution in [2.45, 2.75) is 170 Å². The Hall–Kier alpha value is 0. The van der Waals surface area contributed by atoms with E-state index in [2.05, 4.69) is 41.5 Å². The molecule has 224 valence electrons. The third kappa shape index (κ3) is 5.23. The molecule has 0 aromatic carbocycles. The summed E-state index contributed by atoms with van der Waals surface area (Å²) < 4.78 is 0. The predicted molar refractivity (Wildman–Crippen MR) is 169 cm³/mol. The van der Waals surface area contributed by atoms with E-state index in [4.69, 9.17) is 0 Å². The summed E-state index contributed by atoms with van der Waals surface area (Å²) in [6.45, 7) is 15.6. The molecule has 6 rings (SSSR count). The second-order valence-electron chi connectivity index (χ2n) is 18.6. The fraction of sp³-hybridized carbons (Fsp3) is 1.00. The van der Waals surface area contributed by atoms with Gasteiger partial charge in [-0.3, -0.25) is 0 Å². The van der Waals surface area contributed by atoms with Crippen LogP contribution >= 0.6 is 0 Å². The topological polar surface area (TPSA) is 0 Å². The highest BCUT2D eigenvalue weighted by Crippen LogP contribution is 2.72. The summed E-state index contributed by atoms with van der Waals surface area (Å²) in [5.74, 6) is 10.4. The summed E-state index contributed by atoms with van der Waals surface area (Å²) in [4.78, 5) is 0. The minimum atomic E-state index is 0.489. The molecule has 39 heavy (non-hydrogen) atoms. The molecule has 0 heterocycles. The molecule has 0 nitrogen and oxygen atoms in total. The summed E-state index contributed by atoms with van der Waals surface area (Å²) >= 11 is 0. The zero-order chi connectivity index (χ0) is 27.4. The van der Waals surface area contributed by atoms with E-state index in [-0.39, 0.29) is 0 Å². The van der Waals surface area contributed by atoms with Gasteiger partial charge in [-0.1, -0.05) is 92.9 Å². The Morgan fingerprint density at radius 1 is 0.333 bits per heavy atom. The third-order valence-corrected chi connectivity index (χ3v) is 15.1. The Morgan fingerprint density at radius 3 is 1.00 bits per heavy atom. The highest BCUT2D eigenvalue weighted by atomic mass is 14.7. The number of hydrogen-bond donors (Lipinski definition) is 0. The van der Waals surface area contributed by atoms with Gasteiger partial charge in [-0.15, -0.1) is 0 Å². The minimum absolute atomic E-state index is 0.489. The van der Waals surface area contributed by atoms with E-state index in [9.17, 15) is 0 Å². The van der Waals surface area contributed by atoms with Crippen molar-refractivity contribution in [1.29, 1.82) is 0 Å². The molecule has 0 spiro atoms. The first-order valence-electron chi connectivity index (χ1n) is 18.6. The Bertz CT molecular complexity index is 733. The second-order valence-corrected chi connectivity index (χ2v) is 18.6. The van der Waals surface area contributed by atoms with Gasteiger partial charge in [0.25, 0.3) is 0 Å². The van der Waals surface area contributed by atoms with Crippen molar-refractivity contribution < 1.29 is 0 Å². The van der Waals surface area contributed by atoms with Gasteiger partial charge in [0.15, 0.2) is 0 Å². The molecule has 6 aliphatic rings. The van der Waals surface area contributed by atoms with E-state index >= 15 is 0 Å². The first-order chi connectivity index (χ1) is 18.6. The van der Waals surface area contributed by atoms with Gasteiger partial charge >= 0.3 is 0 Å². The fourth-order valence-electron chi connectivity index (χ4n) is 13.4. The van der Waals surface area contributed by atoms with Crippen molar-refractivity contribution in [3.05, 3.63) is 0 Å². The van der Waals surface area contributed by atoms with Crippen molar-refractivity contribution in [3.8, 4) is 0 Å². The lowest BCUT2D eigenvalue weighted by Crippen LogP contribution is -2.55. The van der Waals surface area contributed by atoms with Gasteiger partial charge in [0.1, 0.15) is 0 Å². The quantitative estimate of drug-likeness (QED) is 0.335.